The smallest absolute Gasteiger partial charge is 0.264 e. The molecule has 4 rings (SSSR count). The summed E-state index contributed by atoms with van der Waals surface area (Å²) in [7, 11) is 1.54. The lowest BCUT2D eigenvalue weighted by atomic mass is 9.88. The number of anilines is 1. The maximum Gasteiger partial charge on any atom is 0.264 e. The van der Waals surface area contributed by atoms with Gasteiger partial charge in [-0.15, -0.1) is 0 Å². The van der Waals surface area contributed by atoms with Crippen molar-refractivity contribution < 1.29 is 19.4 Å². The maximum atomic E-state index is 13.3. The Balaban J connectivity index is 1.65. The van der Waals surface area contributed by atoms with E-state index in [4.69, 9.17) is 16.3 Å². The fourth-order valence-corrected chi connectivity index (χ4v) is 3.98. The molecule has 1 aliphatic rings. The molecule has 1 unspecified atom stereocenters. The number of nitrogens with zero attached hydrogens (tertiary/aromatic N) is 1. The first-order valence-corrected chi connectivity index (χ1v) is 9.86. The van der Waals surface area contributed by atoms with E-state index in [0.29, 0.717) is 27.6 Å². The molecule has 0 aliphatic carbocycles. The Kier molecular flexibility index (Phi) is 5.33. The van der Waals surface area contributed by atoms with Gasteiger partial charge in [0.1, 0.15) is 5.75 Å². The number of ketones is 1. The van der Waals surface area contributed by atoms with E-state index >= 15 is 0 Å². The summed E-state index contributed by atoms with van der Waals surface area (Å²) in [6, 6.07) is 20.8. The zero-order valence-electron chi connectivity index (χ0n) is 16.3. The molecule has 1 atom stereocenters. The van der Waals surface area contributed by atoms with Gasteiger partial charge >= 0.3 is 0 Å². The summed E-state index contributed by atoms with van der Waals surface area (Å²) >= 11 is 6.07. The van der Waals surface area contributed by atoms with Gasteiger partial charge in [0.15, 0.2) is 11.4 Å². The van der Waals surface area contributed by atoms with Gasteiger partial charge in [0, 0.05) is 16.1 Å². The molecule has 0 spiro atoms. The minimum atomic E-state index is -1.92. The number of aliphatic hydroxyl groups is 1. The Hall–Kier alpha value is -3.15. The first-order valence-electron chi connectivity index (χ1n) is 9.48. The van der Waals surface area contributed by atoms with Gasteiger partial charge in [0.05, 0.1) is 25.8 Å². The van der Waals surface area contributed by atoms with Crippen molar-refractivity contribution >= 4 is 29.0 Å². The number of carbonyl (C=O) groups excluding carboxylic acids is 2. The van der Waals surface area contributed by atoms with Crippen LogP contribution in [0.4, 0.5) is 5.69 Å². The van der Waals surface area contributed by atoms with Crippen LogP contribution in [0.3, 0.4) is 0 Å². The number of Topliss-reactive ketones (excluding diaryl/α,β-unsaturated/α-hetero) is 1. The van der Waals surface area contributed by atoms with Crippen molar-refractivity contribution in [2.24, 2.45) is 0 Å². The fourth-order valence-electron chi connectivity index (χ4n) is 3.76. The highest BCUT2D eigenvalue weighted by Gasteiger charge is 2.50. The molecule has 0 bridgehead atoms. The van der Waals surface area contributed by atoms with Crippen LogP contribution in [0.25, 0.3) is 0 Å². The summed E-state index contributed by atoms with van der Waals surface area (Å²) in [5.41, 5.74) is 0.331. The van der Waals surface area contributed by atoms with E-state index in [1.807, 2.05) is 12.1 Å². The monoisotopic (exact) mass is 421 g/mol. The molecular weight excluding hydrogens is 402 g/mol. The molecule has 0 radical (unpaired) electrons. The number of para-hydroxylation sites is 1. The number of hydrogen-bond acceptors (Lipinski definition) is 4. The Bertz CT molecular complexity index is 1110. The summed E-state index contributed by atoms with van der Waals surface area (Å²) < 4.78 is 5.11. The van der Waals surface area contributed by atoms with Crippen LogP contribution in [0.1, 0.15) is 27.9 Å². The summed E-state index contributed by atoms with van der Waals surface area (Å²) in [6.45, 7) is 0.245. The molecule has 1 aliphatic heterocycles. The Morgan fingerprint density at radius 2 is 1.80 bits per heavy atom. The van der Waals surface area contributed by atoms with Crippen molar-refractivity contribution in [1.29, 1.82) is 0 Å². The predicted molar refractivity (Wildman–Crippen MR) is 115 cm³/mol. The van der Waals surface area contributed by atoms with Gasteiger partial charge in [-0.25, -0.2) is 0 Å². The number of benzene rings is 3. The van der Waals surface area contributed by atoms with Crippen molar-refractivity contribution in [2.45, 2.75) is 18.6 Å². The first-order chi connectivity index (χ1) is 14.4. The number of ether oxygens (including phenoxy) is 1. The van der Waals surface area contributed by atoms with Crippen LogP contribution < -0.4 is 9.64 Å². The Labute approximate surface area is 179 Å². The molecule has 3 aromatic carbocycles. The van der Waals surface area contributed by atoms with E-state index in [9.17, 15) is 14.7 Å². The van der Waals surface area contributed by atoms with Crippen molar-refractivity contribution in [3.8, 4) is 5.75 Å². The van der Waals surface area contributed by atoms with Crippen LogP contribution in [-0.2, 0) is 16.9 Å². The third-order valence-electron chi connectivity index (χ3n) is 5.30. The second-order valence-corrected chi connectivity index (χ2v) is 7.66. The van der Waals surface area contributed by atoms with Crippen LogP contribution in [0.2, 0.25) is 5.02 Å². The normalized spacial score (nSPS) is 17.7. The highest BCUT2D eigenvalue weighted by molar-refractivity contribution is 6.30. The molecule has 30 heavy (non-hydrogen) atoms. The van der Waals surface area contributed by atoms with Crippen LogP contribution in [0.15, 0.2) is 72.8 Å². The summed E-state index contributed by atoms with van der Waals surface area (Å²) in [5.74, 6) is -0.223. The molecule has 152 valence electrons. The third-order valence-corrected chi connectivity index (χ3v) is 5.53. The SMILES string of the molecule is COc1ccc(C(=O)CC2(O)C(=O)N(Cc3cccc(Cl)c3)c3ccccc32)cc1. The minimum absolute atomic E-state index is 0.245. The topological polar surface area (TPSA) is 66.8 Å². The van der Waals surface area contributed by atoms with E-state index in [1.54, 1.807) is 67.8 Å². The zero-order chi connectivity index (χ0) is 21.3. The summed E-state index contributed by atoms with van der Waals surface area (Å²) in [5, 5.41) is 12.0. The van der Waals surface area contributed by atoms with Gasteiger partial charge < -0.3 is 14.7 Å². The third kappa shape index (κ3) is 3.58. The highest BCUT2D eigenvalue weighted by Crippen LogP contribution is 2.43. The zero-order valence-corrected chi connectivity index (χ0v) is 17.1. The number of rotatable bonds is 6. The van der Waals surface area contributed by atoms with Crippen LogP contribution in [-0.4, -0.2) is 23.9 Å². The number of amides is 1. The summed E-state index contributed by atoms with van der Waals surface area (Å²) in [6.07, 6.45) is -0.346. The predicted octanol–water partition coefficient (Wildman–Crippen LogP) is 4.36. The lowest BCUT2D eigenvalue weighted by Gasteiger charge is -2.23. The van der Waals surface area contributed by atoms with Gasteiger partial charge in [0.2, 0.25) is 0 Å². The van der Waals surface area contributed by atoms with Crippen molar-refractivity contribution in [3.63, 3.8) is 0 Å². The van der Waals surface area contributed by atoms with Crippen LogP contribution >= 0.6 is 11.6 Å². The van der Waals surface area contributed by atoms with E-state index in [2.05, 4.69) is 0 Å². The minimum Gasteiger partial charge on any atom is -0.497 e. The first kappa shape index (κ1) is 20.1. The largest absolute Gasteiger partial charge is 0.497 e. The van der Waals surface area contributed by atoms with Crippen LogP contribution in [0, 0.1) is 0 Å². The van der Waals surface area contributed by atoms with Crippen molar-refractivity contribution in [3.05, 3.63) is 94.5 Å². The highest BCUT2D eigenvalue weighted by atomic mass is 35.5. The second kappa shape index (κ2) is 7.94. The number of hydrogen-bond donors (Lipinski definition) is 1. The number of fused-ring (bicyclic) bond motifs is 1. The molecule has 1 amide bonds. The standard InChI is InChI=1S/C24H20ClNO4/c1-30-19-11-9-17(10-12-19)22(27)14-24(29)20-7-2-3-8-21(20)26(23(24)28)15-16-5-4-6-18(25)13-16/h2-13,29H,14-15H2,1H3. The molecule has 6 heteroatoms. The van der Waals surface area contributed by atoms with Crippen LogP contribution in [0.5, 0.6) is 5.75 Å². The quantitative estimate of drug-likeness (QED) is 0.601. The second-order valence-electron chi connectivity index (χ2n) is 7.23. The molecule has 0 saturated heterocycles. The molecule has 5 nitrogen and oxygen atoms in total. The lowest BCUT2D eigenvalue weighted by molar-refractivity contribution is -0.136. The van der Waals surface area contributed by atoms with E-state index in [1.165, 1.54) is 4.90 Å². The van der Waals surface area contributed by atoms with Crippen molar-refractivity contribution in [1.82, 2.24) is 0 Å². The Morgan fingerprint density at radius 1 is 1.07 bits per heavy atom. The average Bonchev–Trinajstić information content (AvgIpc) is 2.96. The van der Waals surface area contributed by atoms with E-state index < -0.39 is 11.5 Å². The van der Waals surface area contributed by atoms with Gasteiger partial charge in [0.25, 0.3) is 5.91 Å². The van der Waals surface area contributed by atoms with E-state index in [0.717, 1.165) is 5.56 Å². The molecule has 0 saturated carbocycles. The Morgan fingerprint density at radius 3 is 2.50 bits per heavy atom. The average molecular weight is 422 g/mol. The van der Waals surface area contributed by atoms with Gasteiger partial charge in [-0.2, -0.15) is 0 Å². The maximum absolute atomic E-state index is 13.3. The van der Waals surface area contributed by atoms with Gasteiger partial charge in [-0.3, -0.25) is 9.59 Å². The summed E-state index contributed by atoms with van der Waals surface area (Å²) in [4.78, 5) is 27.7. The number of carbonyl (C=O) groups is 2. The number of halogens is 1. The molecule has 0 aromatic heterocycles. The molecule has 0 fully saturated rings. The van der Waals surface area contributed by atoms with Gasteiger partial charge in [-0.05, 0) is 48.0 Å². The lowest BCUT2D eigenvalue weighted by Crippen LogP contribution is -2.41. The molecular formula is C24H20ClNO4. The number of methoxy groups -OCH3 is 1. The van der Waals surface area contributed by atoms with Crippen molar-refractivity contribution in [2.75, 3.05) is 12.0 Å². The fraction of sp³-hybridized carbons (Fsp3) is 0.167. The van der Waals surface area contributed by atoms with E-state index in [-0.39, 0.29) is 18.7 Å². The molecule has 1 heterocycles. The van der Waals surface area contributed by atoms with Gasteiger partial charge in [-0.1, -0.05) is 41.9 Å². The molecule has 3 aromatic rings. The molecule has 1 N–H and O–H groups in total.